The molecule has 0 radical (unpaired) electrons. The van der Waals surface area contributed by atoms with E-state index in [1.54, 1.807) is 24.0 Å². The minimum absolute atomic E-state index is 0.137. The summed E-state index contributed by atoms with van der Waals surface area (Å²) in [6.07, 6.45) is 1.90. The van der Waals surface area contributed by atoms with Gasteiger partial charge in [-0.05, 0) is 55.3 Å². The van der Waals surface area contributed by atoms with Crippen molar-refractivity contribution in [3.05, 3.63) is 63.0 Å². The Kier molecular flexibility index (Phi) is 9.67. The van der Waals surface area contributed by atoms with Crippen LogP contribution < -0.4 is 10.1 Å². The van der Waals surface area contributed by atoms with Gasteiger partial charge in [0.2, 0.25) is 5.91 Å². The van der Waals surface area contributed by atoms with Crippen molar-refractivity contribution in [2.45, 2.75) is 39.3 Å². The van der Waals surface area contributed by atoms with Crippen LogP contribution in [-0.2, 0) is 16.1 Å². The first-order valence-electron chi connectivity index (χ1n) is 9.60. The van der Waals surface area contributed by atoms with Crippen LogP contribution in [0.1, 0.15) is 32.3 Å². The molecule has 0 heterocycles. The number of hydrogen-bond acceptors (Lipinski definition) is 3. The average Bonchev–Trinajstić information content (AvgIpc) is 2.71. The molecule has 0 aliphatic carbocycles. The number of ether oxygens (including phenoxy) is 1. The minimum Gasteiger partial charge on any atom is -0.484 e. The zero-order chi connectivity index (χ0) is 21.2. The normalized spacial score (nSPS) is 11.6. The SMILES string of the molecule is CCCCNC(=O)[C@@H](C)N(Cc1cccc(Br)c1)C(=O)COc1ccc(Br)cc1. The third kappa shape index (κ3) is 7.82. The number of hydrogen-bond donors (Lipinski definition) is 1. The highest BCUT2D eigenvalue weighted by atomic mass is 79.9. The molecule has 156 valence electrons. The van der Waals surface area contributed by atoms with Crippen molar-refractivity contribution >= 4 is 43.7 Å². The molecule has 2 rings (SSSR count). The number of benzene rings is 2. The standard InChI is InChI=1S/C22H26Br2N2O3/c1-3-4-12-25-22(28)16(2)26(14-17-6-5-7-19(24)13-17)21(27)15-29-20-10-8-18(23)9-11-20/h5-11,13,16H,3-4,12,14-15H2,1-2H3,(H,25,28)/t16-/m1/s1. The van der Waals surface area contributed by atoms with E-state index in [-0.39, 0.29) is 18.4 Å². The molecule has 0 fully saturated rings. The van der Waals surface area contributed by atoms with Gasteiger partial charge in [0.15, 0.2) is 6.61 Å². The summed E-state index contributed by atoms with van der Waals surface area (Å²) in [4.78, 5) is 27.1. The molecule has 1 atom stereocenters. The fraction of sp³-hybridized carbons (Fsp3) is 0.364. The van der Waals surface area contributed by atoms with Gasteiger partial charge in [0.05, 0.1) is 0 Å². The van der Waals surface area contributed by atoms with E-state index < -0.39 is 6.04 Å². The molecule has 0 aliphatic rings. The first-order chi connectivity index (χ1) is 13.9. The van der Waals surface area contributed by atoms with Crippen LogP contribution in [0.4, 0.5) is 0 Å². The highest BCUT2D eigenvalue weighted by Gasteiger charge is 2.26. The van der Waals surface area contributed by atoms with E-state index in [1.165, 1.54) is 0 Å². The second-order valence-corrected chi connectivity index (χ2v) is 8.55. The summed E-state index contributed by atoms with van der Waals surface area (Å²) in [5.41, 5.74) is 0.935. The monoisotopic (exact) mass is 524 g/mol. The molecule has 2 aromatic rings. The van der Waals surface area contributed by atoms with Gasteiger partial charge in [-0.2, -0.15) is 0 Å². The van der Waals surface area contributed by atoms with Crippen LogP contribution in [-0.4, -0.2) is 35.9 Å². The van der Waals surface area contributed by atoms with E-state index in [9.17, 15) is 9.59 Å². The van der Waals surface area contributed by atoms with Crippen molar-refractivity contribution in [2.24, 2.45) is 0 Å². The average molecular weight is 526 g/mol. The smallest absolute Gasteiger partial charge is 0.261 e. The van der Waals surface area contributed by atoms with Crippen molar-refractivity contribution in [2.75, 3.05) is 13.2 Å². The van der Waals surface area contributed by atoms with Crippen LogP contribution in [0.2, 0.25) is 0 Å². The van der Waals surface area contributed by atoms with Gasteiger partial charge in [-0.15, -0.1) is 0 Å². The van der Waals surface area contributed by atoms with Gasteiger partial charge in [0, 0.05) is 22.0 Å². The predicted octanol–water partition coefficient (Wildman–Crippen LogP) is 4.92. The number of amides is 2. The summed E-state index contributed by atoms with van der Waals surface area (Å²) >= 11 is 6.83. The molecule has 0 saturated carbocycles. The lowest BCUT2D eigenvalue weighted by Crippen LogP contribution is -2.49. The molecule has 0 bridgehead atoms. The number of carbonyl (C=O) groups is 2. The molecule has 5 nitrogen and oxygen atoms in total. The Hall–Kier alpha value is -1.86. The fourth-order valence-corrected chi connectivity index (χ4v) is 3.42. The number of carbonyl (C=O) groups excluding carboxylic acids is 2. The fourth-order valence-electron chi connectivity index (χ4n) is 2.71. The van der Waals surface area contributed by atoms with E-state index in [0.29, 0.717) is 18.8 Å². The van der Waals surface area contributed by atoms with Crippen molar-refractivity contribution in [1.29, 1.82) is 0 Å². The van der Waals surface area contributed by atoms with E-state index in [2.05, 4.69) is 44.1 Å². The molecule has 0 aliphatic heterocycles. The third-order valence-corrected chi connectivity index (χ3v) is 5.44. The number of nitrogens with zero attached hydrogens (tertiary/aromatic N) is 1. The van der Waals surface area contributed by atoms with Gasteiger partial charge in [0.25, 0.3) is 5.91 Å². The van der Waals surface area contributed by atoms with Gasteiger partial charge in [-0.1, -0.05) is 57.3 Å². The highest BCUT2D eigenvalue weighted by Crippen LogP contribution is 2.18. The predicted molar refractivity (Wildman–Crippen MR) is 122 cm³/mol. The van der Waals surface area contributed by atoms with Gasteiger partial charge < -0.3 is 15.0 Å². The zero-order valence-electron chi connectivity index (χ0n) is 16.7. The molecule has 0 unspecified atom stereocenters. The molecule has 7 heteroatoms. The van der Waals surface area contributed by atoms with Gasteiger partial charge in [-0.25, -0.2) is 0 Å². The highest BCUT2D eigenvalue weighted by molar-refractivity contribution is 9.10. The van der Waals surface area contributed by atoms with Crippen molar-refractivity contribution in [3.63, 3.8) is 0 Å². The lowest BCUT2D eigenvalue weighted by atomic mass is 10.1. The van der Waals surface area contributed by atoms with Crippen LogP contribution in [0.25, 0.3) is 0 Å². The Labute approximate surface area is 189 Å². The lowest BCUT2D eigenvalue weighted by molar-refractivity contribution is -0.142. The summed E-state index contributed by atoms with van der Waals surface area (Å²) in [5.74, 6) is 0.195. The molecule has 2 amide bonds. The quantitative estimate of drug-likeness (QED) is 0.448. The summed E-state index contributed by atoms with van der Waals surface area (Å²) < 4.78 is 7.50. The van der Waals surface area contributed by atoms with E-state index in [4.69, 9.17) is 4.74 Å². The number of unbranched alkanes of at least 4 members (excludes halogenated alkanes) is 1. The molecule has 0 aromatic heterocycles. The molecule has 0 saturated heterocycles. The molecule has 29 heavy (non-hydrogen) atoms. The maximum absolute atomic E-state index is 12.9. The Balaban J connectivity index is 2.10. The molecule has 0 spiro atoms. The zero-order valence-corrected chi connectivity index (χ0v) is 19.8. The second kappa shape index (κ2) is 12.0. The van der Waals surface area contributed by atoms with Crippen LogP contribution in [0.15, 0.2) is 57.5 Å². The minimum atomic E-state index is -0.605. The van der Waals surface area contributed by atoms with Gasteiger partial charge in [0.1, 0.15) is 11.8 Å². The van der Waals surface area contributed by atoms with Crippen LogP contribution in [0.3, 0.4) is 0 Å². The van der Waals surface area contributed by atoms with E-state index in [0.717, 1.165) is 27.4 Å². The second-order valence-electron chi connectivity index (χ2n) is 6.71. The Morgan fingerprint density at radius 3 is 2.48 bits per heavy atom. The van der Waals surface area contributed by atoms with E-state index >= 15 is 0 Å². The summed E-state index contributed by atoms with van der Waals surface area (Å²) in [6.45, 7) is 4.61. The van der Waals surface area contributed by atoms with E-state index in [1.807, 2.05) is 36.4 Å². The van der Waals surface area contributed by atoms with Gasteiger partial charge >= 0.3 is 0 Å². The largest absolute Gasteiger partial charge is 0.484 e. The van der Waals surface area contributed by atoms with Crippen molar-refractivity contribution < 1.29 is 14.3 Å². The molecular weight excluding hydrogens is 500 g/mol. The van der Waals surface area contributed by atoms with Crippen molar-refractivity contribution in [1.82, 2.24) is 10.2 Å². The molecule has 1 N–H and O–H groups in total. The summed E-state index contributed by atoms with van der Waals surface area (Å²) in [5, 5.41) is 2.91. The Bertz CT molecular complexity index is 812. The maximum Gasteiger partial charge on any atom is 0.261 e. The number of rotatable bonds is 10. The number of halogens is 2. The molecular formula is C22H26Br2N2O3. The Morgan fingerprint density at radius 2 is 1.83 bits per heavy atom. The lowest BCUT2D eigenvalue weighted by Gasteiger charge is -2.28. The summed E-state index contributed by atoms with van der Waals surface area (Å²) in [6, 6.07) is 14.4. The maximum atomic E-state index is 12.9. The first-order valence-corrected chi connectivity index (χ1v) is 11.2. The van der Waals surface area contributed by atoms with Crippen LogP contribution >= 0.6 is 31.9 Å². The van der Waals surface area contributed by atoms with Gasteiger partial charge in [-0.3, -0.25) is 9.59 Å². The van der Waals surface area contributed by atoms with Crippen LogP contribution in [0.5, 0.6) is 5.75 Å². The number of nitrogens with one attached hydrogen (secondary N) is 1. The molecule has 2 aromatic carbocycles. The Morgan fingerprint density at radius 1 is 1.10 bits per heavy atom. The topological polar surface area (TPSA) is 58.6 Å². The third-order valence-electron chi connectivity index (χ3n) is 4.41. The summed E-state index contributed by atoms with van der Waals surface area (Å²) in [7, 11) is 0. The van der Waals surface area contributed by atoms with Crippen LogP contribution in [0, 0.1) is 0 Å². The first kappa shape index (κ1) is 23.4. The van der Waals surface area contributed by atoms with Crippen molar-refractivity contribution in [3.8, 4) is 5.75 Å².